The molecule has 0 aliphatic carbocycles. The molecule has 1 saturated heterocycles. The number of hydrogen-bond donors (Lipinski definition) is 1. The molecule has 1 amide bonds. The lowest BCUT2D eigenvalue weighted by Gasteiger charge is -2.33. The first-order valence-electron chi connectivity index (χ1n) is 13.7. The van der Waals surface area contributed by atoms with E-state index in [1.807, 2.05) is 11.9 Å². The Kier molecular flexibility index (Phi) is 9.79. The molecule has 0 atom stereocenters. The molecule has 1 fully saturated rings. The van der Waals surface area contributed by atoms with E-state index >= 15 is 0 Å². The van der Waals surface area contributed by atoms with Gasteiger partial charge in [-0.05, 0) is 49.0 Å². The smallest absolute Gasteiger partial charge is 0.416 e. The molecular weight excluding hydrogens is 601 g/mol. The van der Waals surface area contributed by atoms with Gasteiger partial charge in [-0.25, -0.2) is 0 Å². The van der Waals surface area contributed by atoms with Gasteiger partial charge < -0.3 is 24.2 Å². The summed E-state index contributed by atoms with van der Waals surface area (Å²) in [5.41, 5.74) is 0.328. The topological polar surface area (TPSA) is 106 Å². The second-order valence-electron chi connectivity index (χ2n) is 10.3. The summed E-state index contributed by atoms with van der Waals surface area (Å²) in [7, 11) is 3.55. The number of halogens is 4. The Balaban J connectivity index is 1.32. The fraction of sp³-hybridized carbons (Fsp3) is 0.333. The molecule has 0 radical (unpaired) electrons. The van der Waals surface area contributed by atoms with Crippen LogP contribution in [0.4, 0.5) is 18.9 Å². The Labute approximate surface area is 256 Å². The molecule has 4 aromatic rings. The fourth-order valence-corrected chi connectivity index (χ4v) is 4.85. The van der Waals surface area contributed by atoms with Gasteiger partial charge >= 0.3 is 6.18 Å². The minimum Gasteiger partial charge on any atom is -0.490 e. The lowest BCUT2D eigenvalue weighted by molar-refractivity contribution is -0.138. The van der Waals surface area contributed by atoms with Crippen molar-refractivity contribution in [3.05, 3.63) is 76.6 Å². The van der Waals surface area contributed by atoms with Gasteiger partial charge in [0.2, 0.25) is 5.82 Å². The number of pyridine rings is 1. The highest BCUT2D eigenvalue weighted by molar-refractivity contribution is 6.33. The number of piperazine rings is 1. The molecule has 0 bridgehead atoms. The van der Waals surface area contributed by atoms with E-state index < -0.39 is 17.6 Å². The third-order valence-corrected chi connectivity index (χ3v) is 7.40. The van der Waals surface area contributed by atoms with Crippen LogP contribution in [0.15, 0.2) is 59.4 Å². The average molecular weight is 631 g/mol. The van der Waals surface area contributed by atoms with E-state index in [2.05, 4.69) is 25.3 Å². The number of nitrogens with one attached hydrogen (secondary N) is 1. The number of methoxy groups -OCH3 is 1. The van der Waals surface area contributed by atoms with Crippen LogP contribution < -0.4 is 10.1 Å². The summed E-state index contributed by atoms with van der Waals surface area (Å²) >= 11 is 6.39. The van der Waals surface area contributed by atoms with Gasteiger partial charge in [-0.1, -0.05) is 22.8 Å². The molecule has 1 N–H and O–H groups in total. The van der Waals surface area contributed by atoms with Crippen molar-refractivity contribution in [2.75, 3.05) is 58.9 Å². The molecule has 10 nitrogen and oxygen atoms in total. The van der Waals surface area contributed by atoms with E-state index in [-0.39, 0.29) is 40.1 Å². The number of likely N-dealkylation sites (N-methyl/N-ethyl adjacent to an activating group) is 1. The van der Waals surface area contributed by atoms with Crippen molar-refractivity contribution in [1.82, 2.24) is 24.9 Å². The van der Waals surface area contributed by atoms with Gasteiger partial charge in [-0.2, -0.15) is 18.2 Å². The van der Waals surface area contributed by atoms with E-state index in [9.17, 15) is 18.0 Å². The van der Waals surface area contributed by atoms with Crippen LogP contribution in [0.1, 0.15) is 21.5 Å². The number of carbonyl (C=O) groups is 1. The Morgan fingerprint density at radius 3 is 2.61 bits per heavy atom. The number of anilines is 1. The maximum absolute atomic E-state index is 14.0. The van der Waals surface area contributed by atoms with E-state index in [1.54, 1.807) is 13.2 Å². The number of alkyl halides is 3. The van der Waals surface area contributed by atoms with E-state index in [0.717, 1.165) is 19.2 Å². The third kappa shape index (κ3) is 7.72. The zero-order chi connectivity index (χ0) is 31.3. The first kappa shape index (κ1) is 31.4. The summed E-state index contributed by atoms with van der Waals surface area (Å²) in [6, 6.07) is 9.91. The number of aromatic nitrogens is 3. The zero-order valence-corrected chi connectivity index (χ0v) is 24.8. The summed E-state index contributed by atoms with van der Waals surface area (Å²) in [5.74, 6) is 0.110. The van der Waals surface area contributed by atoms with Crippen molar-refractivity contribution >= 4 is 23.2 Å². The van der Waals surface area contributed by atoms with Crippen molar-refractivity contribution in [2.45, 2.75) is 12.7 Å². The summed E-state index contributed by atoms with van der Waals surface area (Å²) in [5, 5.41) is 6.80. The fourth-order valence-electron chi connectivity index (χ4n) is 4.65. The molecule has 0 spiro atoms. The van der Waals surface area contributed by atoms with Gasteiger partial charge in [-0.15, -0.1) is 0 Å². The summed E-state index contributed by atoms with van der Waals surface area (Å²) in [4.78, 5) is 25.8. The van der Waals surface area contributed by atoms with Crippen LogP contribution >= 0.6 is 11.6 Å². The molecule has 2 aromatic heterocycles. The number of carbonyl (C=O) groups excluding carboxylic acids is 1. The summed E-state index contributed by atoms with van der Waals surface area (Å²) in [6.07, 6.45) is -1.52. The minimum atomic E-state index is -4.59. The third-order valence-electron chi connectivity index (χ3n) is 7.07. The molecule has 14 heteroatoms. The number of hydrogen-bond acceptors (Lipinski definition) is 9. The average Bonchev–Trinajstić information content (AvgIpc) is 3.49. The largest absolute Gasteiger partial charge is 0.490 e. The number of benzene rings is 2. The van der Waals surface area contributed by atoms with Crippen LogP contribution in [-0.4, -0.2) is 84.4 Å². The minimum absolute atomic E-state index is 0.0166. The molecule has 5 rings (SSSR count). The maximum atomic E-state index is 14.0. The van der Waals surface area contributed by atoms with Crippen LogP contribution in [0.5, 0.6) is 5.75 Å². The first-order valence-corrected chi connectivity index (χ1v) is 14.1. The predicted molar refractivity (Wildman–Crippen MR) is 158 cm³/mol. The second-order valence-corrected chi connectivity index (χ2v) is 10.7. The Morgan fingerprint density at radius 1 is 1.07 bits per heavy atom. The van der Waals surface area contributed by atoms with Crippen LogP contribution in [0.2, 0.25) is 5.02 Å². The normalized spacial score (nSPS) is 14.5. The van der Waals surface area contributed by atoms with Gasteiger partial charge in [0.1, 0.15) is 12.4 Å². The molecule has 0 unspecified atom stereocenters. The second kappa shape index (κ2) is 13.7. The standard InChI is InChI=1S/C30H30ClF3N6O4/c1-39-7-9-40(10-8-39)18-20-3-5-22(15-25(20)30(32,33)34)36-28(41)19-4-6-26(31)24(14-19)27-37-29(44-38-27)21-13-23(17-35-16-21)43-12-11-42-2/h3-6,13-17H,7-12,18H2,1-2H3,(H,36,41). The molecule has 3 heterocycles. The van der Waals surface area contributed by atoms with Gasteiger partial charge in [0.15, 0.2) is 0 Å². The van der Waals surface area contributed by atoms with Crippen LogP contribution in [-0.2, 0) is 17.5 Å². The quantitative estimate of drug-likeness (QED) is 0.228. The van der Waals surface area contributed by atoms with Crippen molar-refractivity contribution in [3.63, 3.8) is 0 Å². The van der Waals surface area contributed by atoms with Crippen LogP contribution in [0.25, 0.3) is 22.8 Å². The van der Waals surface area contributed by atoms with Gasteiger partial charge in [0, 0.05) is 62.8 Å². The summed E-state index contributed by atoms with van der Waals surface area (Å²) in [6.45, 7) is 3.85. The molecule has 2 aromatic carbocycles. The van der Waals surface area contributed by atoms with Crippen molar-refractivity contribution < 1.29 is 32.0 Å². The van der Waals surface area contributed by atoms with Crippen molar-refractivity contribution in [3.8, 4) is 28.6 Å². The van der Waals surface area contributed by atoms with E-state index in [0.29, 0.717) is 43.2 Å². The highest BCUT2D eigenvalue weighted by Gasteiger charge is 2.34. The lowest BCUT2D eigenvalue weighted by Crippen LogP contribution is -2.44. The Hall–Kier alpha value is -4.04. The molecule has 1 aliphatic heterocycles. The number of rotatable bonds is 10. The van der Waals surface area contributed by atoms with Crippen molar-refractivity contribution in [2.24, 2.45) is 0 Å². The maximum Gasteiger partial charge on any atom is 0.416 e. The molecule has 0 saturated carbocycles. The molecular formula is C30H30ClF3N6O4. The number of nitrogens with zero attached hydrogens (tertiary/aromatic N) is 5. The first-order chi connectivity index (χ1) is 21.1. The highest BCUT2D eigenvalue weighted by Crippen LogP contribution is 2.35. The van der Waals surface area contributed by atoms with Crippen LogP contribution in [0, 0.1) is 0 Å². The SMILES string of the molecule is COCCOc1cncc(-c2nc(-c3cc(C(=O)Nc4ccc(CN5CCN(C)CC5)c(C(F)(F)F)c4)ccc3Cl)no2)c1. The van der Waals surface area contributed by atoms with Gasteiger partial charge in [0.25, 0.3) is 11.8 Å². The van der Waals surface area contributed by atoms with E-state index in [1.165, 1.54) is 42.7 Å². The van der Waals surface area contributed by atoms with Gasteiger partial charge in [0.05, 0.1) is 29.0 Å². The zero-order valence-electron chi connectivity index (χ0n) is 24.0. The monoisotopic (exact) mass is 630 g/mol. The molecule has 1 aliphatic rings. The molecule has 44 heavy (non-hydrogen) atoms. The number of ether oxygens (including phenoxy) is 2. The Morgan fingerprint density at radius 2 is 1.86 bits per heavy atom. The van der Waals surface area contributed by atoms with Crippen molar-refractivity contribution in [1.29, 1.82) is 0 Å². The Bertz CT molecular complexity index is 1610. The van der Waals surface area contributed by atoms with Crippen LogP contribution in [0.3, 0.4) is 0 Å². The lowest BCUT2D eigenvalue weighted by atomic mass is 10.0. The summed E-state index contributed by atoms with van der Waals surface area (Å²) < 4.78 is 58.0. The van der Waals surface area contributed by atoms with E-state index in [4.69, 9.17) is 25.6 Å². The van der Waals surface area contributed by atoms with Gasteiger partial charge in [-0.3, -0.25) is 14.7 Å². The predicted octanol–water partition coefficient (Wildman–Crippen LogP) is 5.50. The number of amides is 1. The molecule has 232 valence electrons. The highest BCUT2D eigenvalue weighted by atomic mass is 35.5.